The molecule has 0 fully saturated rings. The van der Waals surface area contributed by atoms with Gasteiger partial charge >= 0.3 is 0 Å². The van der Waals surface area contributed by atoms with Crippen LogP contribution in [0.1, 0.15) is 18.0 Å². The molecule has 2 rings (SSSR count). The third-order valence-electron chi connectivity index (χ3n) is 2.42. The number of nitrogens with zero attached hydrogens (tertiary/aromatic N) is 2. The molecule has 0 aliphatic carbocycles. The predicted molar refractivity (Wildman–Crippen MR) is 77.3 cm³/mol. The summed E-state index contributed by atoms with van der Waals surface area (Å²) in [6.45, 7) is 1.91. The Hall–Kier alpha value is -1.37. The van der Waals surface area contributed by atoms with E-state index in [4.69, 9.17) is 23.2 Å². The molecule has 5 nitrogen and oxygen atoms in total. The van der Waals surface area contributed by atoms with Crippen LogP contribution in [-0.2, 0) is 0 Å². The van der Waals surface area contributed by atoms with Gasteiger partial charge < -0.3 is 5.32 Å². The van der Waals surface area contributed by atoms with Crippen molar-refractivity contribution in [2.75, 3.05) is 5.32 Å². The fraction of sp³-hybridized carbons (Fsp3) is 0.182. The predicted octanol–water partition coefficient (Wildman–Crippen LogP) is 4.53. The van der Waals surface area contributed by atoms with Gasteiger partial charge in [-0.15, -0.1) is 11.3 Å². The van der Waals surface area contributed by atoms with Gasteiger partial charge in [0.2, 0.25) is 0 Å². The Kier molecular flexibility index (Phi) is 4.24. The Morgan fingerprint density at radius 1 is 1.42 bits per heavy atom. The standard InChI is InChI=1S/C11H9Cl2N3O2S/c1-6(11-14-2-3-19-11)15-10-8(12)4-7(16(17)18)5-9(10)13/h2-6,15H,1H3. The fourth-order valence-electron chi connectivity index (χ4n) is 1.53. The summed E-state index contributed by atoms with van der Waals surface area (Å²) in [6, 6.07) is 2.45. The summed E-state index contributed by atoms with van der Waals surface area (Å²) in [5.74, 6) is 0. The first-order valence-electron chi connectivity index (χ1n) is 5.28. The van der Waals surface area contributed by atoms with Crippen LogP contribution in [0.3, 0.4) is 0 Å². The van der Waals surface area contributed by atoms with E-state index in [2.05, 4.69) is 10.3 Å². The number of hydrogen-bond acceptors (Lipinski definition) is 5. The molecule has 1 unspecified atom stereocenters. The summed E-state index contributed by atoms with van der Waals surface area (Å²) in [5, 5.41) is 17.0. The highest BCUT2D eigenvalue weighted by Gasteiger charge is 2.17. The molecule has 1 atom stereocenters. The number of non-ortho nitro benzene ring substituents is 1. The molecule has 2 aromatic rings. The summed E-state index contributed by atoms with van der Waals surface area (Å²) < 4.78 is 0. The summed E-state index contributed by atoms with van der Waals surface area (Å²) in [6.07, 6.45) is 1.71. The van der Waals surface area contributed by atoms with Crippen LogP contribution in [0.25, 0.3) is 0 Å². The first-order chi connectivity index (χ1) is 8.99. The van der Waals surface area contributed by atoms with Crippen molar-refractivity contribution in [3.05, 3.63) is 48.9 Å². The maximum atomic E-state index is 10.7. The Labute approximate surface area is 123 Å². The zero-order valence-electron chi connectivity index (χ0n) is 9.76. The van der Waals surface area contributed by atoms with Gasteiger partial charge in [0.1, 0.15) is 5.01 Å². The Morgan fingerprint density at radius 3 is 2.53 bits per heavy atom. The second-order valence-electron chi connectivity index (χ2n) is 3.78. The zero-order chi connectivity index (χ0) is 14.0. The normalized spacial score (nSPS) is 12.2. The van der Waals surface area contributed by atoms with Crippen molar-refractivity contribution in [1.29, 1.82) is 0 Å². The minimum atomic E-state index is -0.536. The topological polar surface area (TPSA) is 68.1 Å². The number of anilines is 1. The highest BCUT2D eigenvalue weighted by atomic mass is 35.5. The number of nitrogens with one attached hydrogen (secondary N) is 1. The molecule has 0 saturated heterocycles. The third-order valence-corrected chi connectivity index (χ3v) is 3.97. The van der Waals surface area contributed by atoms with Crippen LogP contribution in [0, 0.1) is 10.1 Å². The Bertz CT molecular complexity index is 581. The smallest absolute Gasteiger partial charge is 0.272 e. The molecule has 8 heteroatoms. The number of nitro groups is 1. The molecule has 0 aliphatic heterocycles. The highest BCUT2D eigenvalue weighted by Crippen LogP contribution is 2.36. The van der Waals surface area contributed by atoms with Crippen LogP contribution in [0.4, 0.5) is 11.4 Å². The van der Waals surface area contributed by atoms with Crippen LogP contribution < -0.4 is 5.32 Å². The average molecular weight is 318 g/mol. The number of benzene rings is 1. The van der Waals surface area contributed by atoms with E-state index in [-0.39, 0.29) is 21.8 Å². The van der Waals surface area contributed by atoms with E-state index < -0.39 is 4.92 Å². The number of thiazole rings is 1. The van der Waals surface area contributed by atoms with Crippen molar-refractivity contribution in [1.82, 2.24) is 4.98 Å². The van der Waals surface area contributed by atoms with Crippen LogP contribution in [-0.4, -0.2) is 9.91 Å². The van der Waals surface area contributed by atoms with Crippen LogP contribution in [0.15, 0.2) is 23.7 Å². The molecule has 1 N–H and O–H groups in total. The zero-order valence-corrected chi connectivity index (χ0v) is 12.1. The van der Waals surface area contributed by atoms with Gasteiger partial charge in [0.25, 0.3) is 5.69 Å². The summed E-state index contributed by atoms with van der Waals surface area (Å²) in [5.41, 5.74) is 0.332. The van der Waals surface area contributed by atoms with Gasteiger partial charge in [0, 0.05) is 23.7 Å². The summed E-state index contributed by atoms with van der Waals surface area (Å²) in [4.78, 5) is 14.3. The van der Waals surface area contributed by atoms with E-state index in [0.29, 0.717) is 5.69 Å². The fourth-order valence-corrected chi connectivity index (χ4v) is 2.76. The van der Waals surface area contributed by atoms with Gasteiger partial charge in [-0.2, -0.15) is 0 Å². The molecular weight excluding hydrogens is 309 g/mol. The van der Waals surface area contributed by atoms with E-state index in [1.54, 1.807) is 6.20 Å². The van der Waals surface area contributed by atoms with E-state index in [9.17, 15) is 10.1 Å². The van der Waals surface area contributed by atoms with Gasteiger partial charge in [-0.3, -0.25) is 10.1 Å². The molecule has 1 aromatic carbocycles. The number of aromatic nitrogens is 1. The maximum Gasteiger partial charge on any atom is 0.272 e. The highest BCUT2D eigenvalue weighted by molar-refractivity contribution is 7.09. The number of nitro benzene ring substituents is 1. The third kappa shape index (κ3) is 3.15. The minimum absolute atomic E-state index is 0.0866. The SMILES string of the molecule is CC(Nc1c(Cl)cc([N+](=O)[O-])cc1Cl)c1nccs1. The van der Waals surface area contributed by atoms with Gasteiger partial charge in [-0.05, 0) is 6.92 Å². The molecule has 1 heterocycles. The molecular formula is C11H9Cl2N3O2S. The molecule has 0 spiro atoms. The van der Waals surface area contributed by atoms with E-state index in [1.807, 2.05) is 12.3 Å². The molecule has 0 bridgehead atoms. The number of hydrogen-bond donors (Lipinski definition) is 1. The number of rotatable bonds is 4. The van der Waals surface area contributed by atoms with Crippen molar-refractivity contribution in [3.63, 3.8) is 0 Å². The molecule has 0 saturated carbocycles. The van der Waals surface area contributed by atoms with Gasteiger partial charge in [-0.25, -0.2) is 4.98 Å². The van der Waals surface area contributed by atoms with Crippen molar-refractivity contribution < 1.29 is 4.92 Å². The second kappa shape index (κ2) is 5.73. The van der Waals surface area contributed by atoms with Gasteiger partial charge in [0.05, 0.1) is 26.7 Å². The molecule has 100 valence electrons. The van der Waals surface area contributed by atoms with Gasteiger partial charge in [-0.1, -0.05) is 23.2 Å². The van der Waals surface area contributed by atoms with Crippen LogP contribution in [0.2, 0.25) is 10.0 Å². The van der Waals surface area contributed by atoms with Gasteiger partial charge in [0.15, 0.2) is 0 Å². The van der Waals surface area contributed by atoms with Crippen molar-refractivity contribution in [2.45, 2.75) is 13.0 Å². The largest absolute Gasteiger partial charge is 0.374 e. The van der Waals surface area contributed by atoms with E-state index >= 15 is 0 Å². The molecule has 0 amide bonds. The first kappa shape index (κ1) is 14.0. The Balaban J connectivity index is 2.28. The lowest BCUT2D eigenvalue weighted by atomic mass is 10.2. The summed E-state index contributed by atoms with van der Waals surface area (Å²) >= 11 is 13.5. The lowest BCUT2D eigenvalue weighted by Gasteiger charge is -2.15. The maximum absolute atomic E-state index is 10.7. The van der Waals surface area contributed by atoms with Crippen molar-refractivity contribution >= 4 is 45.9 Å². The van der Waals surface area contributed by atoms with Crippen LogP contribution in [0.5, 0.6) is 0 Å². The molecule has 1 aromatic heterocycles. The molecule has 19 heavy (non-hydrogen) atoms. The second-order valence-corrected chi connectivity index (χ2v) is 5.52. The minimum Gasteiger partial charge on any atom is -0.374 e. The Morgan fingerprint density at radius 2 is 2.05 bits per heavy atom. The lowest BCUT2D eigenvalue weighted by Crippen LogP contribution is -2.07. The molecule has 0 radical (unpaired) electrons. The molecule has 0 aliphatic rings. The average Bonchev–Trinajstić information content (AvgIpc) is 2.86. The van der Waals surface area contributed by atoms with E-state index in [1.165, 1.54) is 23.5 Å². The lowest BCUT2D eigenvalue weighted by molar-refractivity contribution is -0.384. The van der Waals surface area contributed by atoms with Crippen LogP contribution >= 0.6 is 34.5 Å². The number of halogens is 2. The monoisotopic (exact) mass is 317 g/mol. The van der Waals surface area contributed by atoms with Crippen molar-refractivity contribution in [3.8, 4) is 0 Å². The van der Waals surface area contributed by atoms with E-state index in [0.717, 1.165) is 5.01 Å². The quantitative estimate of drug-likeness (QED) is 0.664. The first-order valence-corrected chi connectivity index (χ1v) is 6.92. The summed E-state index contributed by atoms with van der Waals surface area (Å²) in [7, 11) is 0. The van der Waals surface area contributed by atoms with Crippen molar-refractivity contribution in [2.24, 2.45) is 0 Å².